The summed E-state index contributed by atoms with van der Waals surface area (Å²) in [4.78, 5) is 5.44. The number of thiophene rings is 1. The Labute approximate surface area is 94.7 Å². The molecule has 2 heterocycles. The molecule has 0 radical (unpaired) electrons. The third kappa shape index (κ3) is 1.63. The Balaban J connectivity index is 2.54. The monoisotopic (exact) mass is 271 g/mol. The average Bonchev–Trinajstić information content (AvgIpc) is 2.71. The summed E-state index contributed by atoms with van der Waals surface area (Å²) >= 11 is 5.13. The summed E-state index contributed by atoms with van der Waals surface area (Å²) < 4.78 is 3.10. The summed E-state index contributed by atoms with van der Waals surface area (Å²) in [5, 5.41) is 2.06. The van der Waals surface area contributed by atoms with Gasteiger partial charge < -0.3 is 10.3 Å². The quantitative estimate of drug-likeness (QED) is 0.912. The van der Waals surface area contributed by atoms with Crippen LogP contribution >= 0.6 is 27.3 Å². The van der Waals surface area contributed by atoms with Crippen LogP contribution in [0.5, 0.6) is 0 Å². The highest BCUT2D eigenvalue weighted by Crippen LogP contribution is 2.31. The van der Waals surface area contributed by atoms with Crippen LogP contribution in [0.25, 0.3) is 10.6 Å². The van der Waals surface area contributed by atoms with Crippen molar-refractivity contribution in [3.63, 3.8) is 0 Å². The van der Waals surface area contributed by atoms with Crippen molar-refractivity contribution in [1.29, 1.82) is 0 Å². The van der Waals surface area contributed by atoms with Crippen molar-refractivity contribution in [2.75, 3.05) is 0 Å². The van der Waals surface area contributed by atoms with Crippen molar-refractivity contribution in [2.45, 2.75) is 6.54 Å². The van der Waals surface area contributed by atoms with Gasteiger partial charge in [-0.3, -0.25) is 0 Å². The number of imidazole rings is 1. The number of halogens is 1. The number of aryl methyl sites for hydroxylation is 1. The van der Waals surface area contributed by atoms with Crippen molar-refractivity contribution in [3.05, 3.63) is 27.9 Å². The number of nitrogens with two attached hydrogens (primary N) is 1. The lowest BCUT2D eigenvalue weighted by Crippen LogP contribution is -1.99. The van der Waals surface area contributed by atoms with E-state index in [0.717, 1.165) is 15.9 Å². The fraction of sp³-hybridized carbons (Fsp3) is 0.222. The van der Waals surface area contributed by atoms with Gasteiger partial charge in [0, 0.05) is 23.4 Å². The molecule has 0 aromatic carbocycles. The molecule has 0 unspecified atom stereocenters. The molecule has 0 aliphatic rings. The van der Waals surface area contributed by atoms with Gasteiger partial charge in [-0.05, 0) is 22.0 Å². The van der Waals surface area contributed by atoms with Gasteiger partial charge in [-0.2, -0.15) is 0 Å². The molecule has 0 fully saturated rings. The van der Waals surface area contributed by atoms with Gasteiger partial charge in [-0.25, -0.2) is 4.98 Å². The van der Waals surface area contributed by atoms with E-state index in [0.29, 0.717) is 6.54 Å². The zero-order valence-electron chi connectivity index (χ0n) is 7.70. The zero-order valence-corrected chi connectivity index (χ0v) is 10.1. The van der Waals surface area contributed by atoms with E-state index in [1.165, 1.54) is 4.88 Å². The first-order valence-corrected chi connectivity index (χ1v) is 5.84. The van der Waals surface area contributed by atoms with E-state index in [4.69, 9.17) is 5.73 Å². The maximum absolute atomic E-state index is 5.63. The molecule has 0 amide bonds. The number of rotatable bonds is 2. The Morgan fingerprint density at radius 1 is 1.64 bits per heavy atom. The summed E-state index contributed by atoms with van der Waals surface area (Å²) in [6.07, 6.45) is 1.80. The average molecular weight is 272 g/mol. The molecule has 0 bridgehead atoms. The summed E-state index contributed by atoms with van der Waals surface area (Å²) in [6.45, 7) is 0.478. The van der Waals surface area contributed by atoms with Gasteiger partial charge in [-0.15, -0.1) is 11.3 Å². The Hall–Kier alpha value is -0.650. The van der Waals surface area contributed by atoms with E-state index in [9.17, 15) is 0 Å². The van der Waals surface area contributed by atoms with Gasteiger partial charge in [0.1, 0.15) is 0 Å². The lowest BCUT2D eigenvalue weighted by atomic mass is 10.3. The molecule has 0 saturated heterocycles. The minimum atomic E-state index is 0.478. The number of hydrogen-bond acceptors (Lipinski definition) is 3. The Bertz CT molecular complexity index is 447. The molecule has 2 N–H and O–H groups in total. The summed E-state index contributed by atoms with van der Waals surface area (Å²) in [5.74, 6) is 0. The van der Waals surface area contributed by atoms with Crippen LogP contribution in [0.2, 0.25) is 0 Å². The van der Waals surface area contributed by atoms with E-state index in [1.54, 1.807) is 17.7 Å². The minimum absolute atomic E-state index is 0.478. The molecular weight excluding hydrogens is 262 g/mol. The Morgan fingerprint density at radius 2 is 2.43 bits per heavy atom. The number of hydrogen-bond donors (Lipinski definition) is 1. The molecule has 3 nitrogen and oxygen atoms in total. The molecule has 0 aliphatic carbocycles. The van der Waals surface area contributed by atoms with Crippen molar-refractivity contribution in [1.82, 2.24) is 9.55 Å². The summed E-state index contributed by atoms with van der Waals surface area (Å²) in [5.41, 5.74) is 7.69. The molecule has 2 rings (SSSR count). The maximum Gasteiger partial charge on any atom is 0.0952 e. The highest BCUT2D eigenvalue weighted by molar-refractivity contribution is 9.10. The highest BCUT2D eigenvalue weighted by atomic mass is 79.9. The molecule has 2 aromatic rings. The normalized spacial score (nSPS) is 10.8. The third-order valence-corrected chi connectivity index (χ3v) is 3.70. The van der Waals surface area contributed by atoms with Gasteiger partial charge in [0.15, 0.2) is 0 Å². The van der Waals surface area contributed by atoms with Crippen LogP contribution in [-0.4, -0.2) is 9.55 Å². The van der Waals surface area contributed by atoms with Gasteiger partial charge >= 0.3 is 0 Å². The van der Waals surface area contributed by atoms with Crippen LogP contribution < -0.4 is 5.73 Å². The van der Waals surface area contributed by atoms with Gasteiger partial charge in [0.2, 0.25) is 0 Å². The molecule has 74 valence electrons. The summed E-state index contributed by atoms with van der Waals surface area (Å²) in [6, 6.07) is 2.08. The largest absolute Gasteiger partial charge is 0.333 e. The van der Waals surface area contributed by atoms with E-state index in [-0.39, 0.29) is 0 Å². The highest BCUT2D eigenvalue weighted by Gasteiger charge is 2.11. The van der Waals surface area contributed by atoms with Gasteiger partial charge in [0.25, 0.3) is 0 Å². The zero-order chi connectivity index (χ0) is 10.1. The van der Waals surface area contributed by atoms with Crippen LogP contribution in [0, 0.1) is 0 Å². The minimum Gasteiger partial charge on any atom is -0.333 e. The topological polar surface area (TPSA) is 43.8 Å². The van der Waals surface area contributed by atoms with Crippen LogP contribution in [-0.2, 0) is 13.6 Å². The summed E-state index contributed by atoms with van der Waals surface area (Å²) in [7, 11) is 1.98. The molecule has 0 saturated carbocycles. The smallest absolute Gasteiger partial charge is 0.0952 e. The van der Waals surface area contributed by atoms with E-state index in [1.807, 2.05) is 11.6 Å². The second kappa shape index (κ2) is 3.84. The fourth-order valence-electron chi connectivity index (χ4n) is 1.38. The molecule has 2 aromatic heterocycles. The van der Waals surface area contributed by atoms with E-state index < -0.39 is 0 Å². The van der Waals surface area contributed by atoms with Crippen LogP contribution in [0.3, 0.4) is 0 Å². The Kier molecular flexibility index (Phi) is 2.71. The maximum atomic E-state index is 5.63. The van der Waals surface area contributed by atoms with Crippen LogP contribution in [0.1, 0.15) is 5.69 Å². The van der Waals surface area contributed by atoms with Crippen molar-refractivity contribution in [3.8, 4) is 10.6 Å². The van der Waals surface area contributed by atoms with Gasteiger partial charge in [0.05, 0.1) is 22.6 Å². The van der Waals surface area contributed by atoms with Crippen LogP contribution in [0.4, 0.5) is 0 Å². The Morgan fingerprint density at radius 3 is 3.00 bits per heavy atom. The second-order valence-corrected chi connectivity index (χ2v) is 4.81. The standard InChI is InChI=1S/C9H10BrN3S/c1-13-5-12-7(3-11)9(13)8-2-6(10)4-14-8/h2,4-5H,3,11H2,1H3. The first-order valence-electron chi connectivity index (χ1n) is 4.17. The van der Waals surface area contributed by atoms with Crippen molar-refractivity contribution in [2.24, 2.45) is 12.8 Å². The van der Waals surface area contributed by atoms with Crippen molar-refractivity contribution >= 4 is 27.3 Å². The predicted octanol–water partition coefficient (Wildman–Crippen LogP) is 2.37. The van der Waals surface area contributed by atoms with Crippen molar-refractivity contribution < 1.29 is 0 Å². The second-order valence-electron chi connectivity index (χ2n) is 2.98. The van der Waals surface area contributed by atoms with Gasteiger partial charge in [-0.1, -0.05) is 0 Å². The van der Waals surface area contributed by atoms with E-state index in [2.05, 4.69) is 32.4 Å². The molecule has 0 atom stereocenters. The molecule has 0 spiro atoms. The molecule has 5 heteroatoms. The lowest BCUT2D eigenvalue weighted by Gasteiger charge is -2.00. The fourth-order valence-corrected chi connectivity index (χ4v) is 2.92. The first-order chi connectivity index (χ1) is 6.72. The third-order valence-electron chi connectivity index (χ3n) is 2.01. The SMILES string of the molecule is Cn1cnc(CN)c1-c1cc(Br)cs1. The predicted molar refractivity (Wildman–Crippen MR) is 62.1 cm³/mol. The van der Waals surface area contributed by atoms with Crippen LogP contribution in [0.15, 0.2) is 22.2 Å². The molecule has 14 heavy (non-hydrogen) atoms. The lowest BCUT2D eigenvalue weighted by molar-refractivity contribution is 0.922. The number of nitrogens with zero attached hydrogens (tertiary/aromatic N) is 2. The van der Waals surface area contributed by atoms with E-state index >= 15 is 0 Å². The number of aromatic nitrogens is 2. The molecular formula is C9H10BrN3S. The first kappa shape index (κ1) is 9.89. The molecule has 0 aliphatic heterocycles.